The van der Waals surface area contributed by atoms with Gasteiger partial charge < -0.3 is 9.16 Å². The molecule has 0 radical (unpaired) electrons. The average molecular weight is 258 g/mol. The van der Waals surface area contributed by atoms with E-state index >= 15 is 0 Å². The van der Waals surface area contributed by atoms with Crippen molar-refractivity contribution in [3.63, 3.8) is 0 Å². The van der Waals surface area contributed by atoms with Gasteiger partial charge >= 0.3 is 5.97 Å². The lowest BCUT2D eigenvalue weighted by Gasteiger charge is -2.32. The van der Waals surface area contributed by atoms with Gasteiger partial charge in [-0.05, 0) is 25.9 Å². The largest absolute Gasteiger partial charge is 0.460 e. The Balaban J connectivity index is 4.73. The van der Waals surface area contributed by atoms with E-state index in [-0.39, 0.29) is 11.7 Å². The smallest absolute Gasteiger partial charge is 0.333 e. The molecule has 0 bridgehead atoms. The van der Waals surface area contributed by atoms with Crippen molar-refractivity contribution < 1.29 is 14.0 Å². The molecule has 4 heteroatoms. The minimum Gasteiger partial charge on any atom is -0.460 e. The molecule has 0 aromatic carbocycles. The molecule has 3 nitrogen and oxygen atoms in total. The molecular formula is C13H26O3Si. The SMILES string of the molecule is C=C(C)C(=O)OC(CCCC)[Si](C)(CC)OC. The van der Waals surface area contributed by atoms with Gasteiger partial charge in [0.2, 0.25) is 8.32 Å². The van der Waals surface area contributed by atoms with Crippen molar-refractivity contribution in [3.05, 3.63) is 12.2 Å². The second-order valence-electron chi connectivity index (χ2n) is 4.69. The van der Waals surface area contributed by atoms with Crippen LogP contribution in [0.4, 0.5) is 0 Å². The standard InChI is InChI=1S/C13H26O3Si/c1-7-9-10-12(16-13(14)11(3)4)17(6,8-2)15-5/h12H,3,7-10H2,1-2,4-6H3. The van der Waals surface area contributed by atoms with Gasteiger partial charge in [-0.15, -0.1) is 0 Å². The van der Waals surface area contributed by atoms with Crippen LogP contribution in [0.15, 0.2) is 12.2 Å². The number of ether oxygens (including phenoxy) is 1. The van der Waals surface area contributed by atoms with Crippen molar-refractivity contribution in [1.82, 2.24) is 0 Å². The average Bonchev–Trinajstić information content (AvgIpc) is 2.32. The first-order valence-corrected chi connectivity index (χ1v) is 9.02. The predicted octanol–water partition coefficient (Wildman–Crippen LogP) is 3.45. The van der Waals surface area contributed by atoms with Crippen molar-refractivity contribution in [2.24, 2.45) is 0 Å². The van der Waals surface area contributed by atoms with Gasteiger partial charge in [0.1, 0.15) is 5.73 Å². The minimum absolute atomic E-state index is 0.0679. The molecule has 0 amide bonds. The molecule has 0 spiro atoms. The molecule has 0 aromatic rings. The molecule has 0 saturated heterocycles. The molecule has 0 aliphatic rings. The Hall–Kier alpha value is -0.613. The third-order valence-electron chi connectivity index (χ3n) is 3.27. The van der Waals surface area contributed by atoms with Crippen LogP contribution in [-0.2, 0) is 14.0 Å². The topological polar surface area (TPSA) is 35.5 Å². The predicted molar refractivity (Wildman–Crippen MR) is 73.3 cm³/mol. The third kappa shape index (κ3) is 5.04. The molecular weight excluding hydrogens is 232 g/mol. The first-order valence-electron chi connectivity index (χ1n) is 6.32. The van der Waals surface area contributed by atoms with E-state index in [0.717, 1.165) is 25.3 Å². The van der Waals surface area contributed by atoms with E-state index in [2.05, 4.69) is 27.0 Å². The highest BCUT2D eigenvalue weighted by molar-refractivity contribution is 6.73. The van der Waals surface area contributed by atoms with E-state index in [9.17, 15) is 4.79 Å². The van der Waals surface area contributed by atoms with Gasteiger partial charge in [0.25, 0.3) is 0 Å². The molecule has 2 unspecified atom stereocenters. The summed E-state index contributed by atoms with van der Waals surface area (Å²) < 4.78 is 11.2. The maximum absolute atomic E-state index is 11.6. The molecule has 0 N–H and O–H groups in total. The minimum atomic E-state index is -1.96. The number of unbranched alkanes of at least 4 members (excludes halogenated alkanes) is 1. The molecule has 17 heavy (non-hydrogen) atoms. The molecule has 0 rings (SSSR count). The highest BCUT2D eigenvalue weighted by atomic mass is 28.4. The second-order valence-corrected chi connectivity index (χ2v) is 9.07. The summed E-state index contributed by atoms with van der Waals surface area (Å²) in [6, 6.07) is 0.946. The highest BCUT2D eigenvalue weighted by Crippen LogP contribution is 2.23. The Labute approximate surface area is 106 Å². The molecule has 0 saturated carbocycles. The van der Waals surface area contributed by atoms with Crippen molar-refractivity contribution in [3.8, 4) is 0 Å². The number of carbonyl (C=O) groups excluding carboxylic acids is 1. The van der Waals surface area contributed by atoms with Crippen LogP contribution in [0.3, 0.4) is 0 Å². The Morgan fingerprint density at radius 1 is 1.41 bits per heavy atom. The zero-order chi connectivity index (χ0) is 13.5. The van der Waals surface area contributed by atoms with Crippen LogP contribution < -0.4 is 0 Å². The highest BCUT2D eigenvalue weighted by Gasteiger charge is 2.38. The molecule has 0 aromatic heterocycles. The lowest BCUT2D eigenvalue weighted by Crippen LogP contribution is -2.48. The van der Waals surface area contributed by atoms with Crippen molar-refractivity contribution in [1.29, 1.82) is 0 Å². The van der Waals surface area contributed by atoms with Gasteiger partial charge in [-0.1, -0.05) is 33.3 Å². The molecule has 0 aliphatic carbocycles. The first-order chi connectivity index (χ1) is 7.91. The molecule has 0 aliphatic heterocycles. The van der Waals surface area contributed by atoms with Gasteiger partial charge in [-0.25, -0.2) is 4.79 Å². The normalized spacial score (nSPS) is 16.1. The summed E-state index contributed by atoms with van der Waals surface area (Å²) in [7, 11) is -0.231. The Bertz CT molecular complexity index is 259. The van der Waals surface area contributed by atoms with Crippen molar-refractivity contribution >= 4 is 14.3 Å². The summed E-state index contributed by atoms with van der Waals surface area (Å²) in [6.45, 7) is 11.7. The fraction of sp³-hybridized carbons (Fsp3) is 0.769. The summed E-state index contributed by atoms with van der Waals surface area (Å²) in [5.74, 6) is -0.296. The van der Waals surface area contributed by atoms with Gasteiger partial charge in [-0.2, -0.15) is 0 Å². The van der Waals surface area contributed by atoms with Gasteiger partial charge in [0.15, 0.2) is 0 Å². The van der Waals surface area contributed by atoms with E-state index in [1.807, 2.05) is 0 Å². The summed E-state index contributed by atoms with van der Waals surface area (Å²) in [4.78, 5) is 11.6. The molecule has 2 atom stereocenters. The summed E-state index contributed by atoms with van der Waals surface area (Å²) >= 11 is 0. The zero-order valence-electron chi connectivity index (χ0n) is 11.8. The second kappa shape index (κ2) is 7.66. The summed E-state index contributed by atoms with van der Waals surface area (Å²) in [5, 5.41) is 0. The fourth-order valence-electron chi connectivity index (χ4n) is 1.61. The number of hydrogen-bond donors (Lipinski definition) is 0. The number of carbonyl (C=O) groups is 1. The zero-order valence-corrected chi connectivity index (χ0v) is 12.8. The number of esters is 1. The van der Waals surface area contributed by atoms with E-state index in [0.29, 0.717) is 5.57 Å². The Morgan fingerprint density at radius 3 is 2.35 bits per heavy atom. The van der Waals surface area contributed by atoms with Crippen LogP contribution in [0.2, 0.25) is 12.6 Å². The fourth-order valence-corrected chi connectivity index (χ4v) is 3.79. The number of rotatable bonds is 8. The Kier molecular flexibility index (Phi) is 7.39. The Morgan fingerprint density at radius 2 is 2.00 bits per heavy atom. The molecule has 0 heterocycles. The maximum atomic E-state index is 11.6. The van der Waals surface area contributed by atoms with Gasteiger partial charge in [-0.3, -0.25) is 0 Å². The van der Waals surface area contributed by atoms with E-state index < -0.39 is 8.32 Å². The third-order valence-corrected chi connectivity index (χ3v) is 7.37. The van der Waals surface area contributed by atoms with E-state index in [1.54, 1.807) is 14.0 Å². The number of hydrogen-bond acceptors (Lipinski definition) is 3. The monoisotopic (exact) mass is 258 g/mol. The molecule has 100 valence electrons. The van der Waals surface area contributed by atoms with E-state index in [1.165, 1.54) is 0 Å². The lowest BCUT2D eigenvalue weighted by molar-refractivity contribution is -0.141. The van der Waals surface area contributed by atoms with E-state index in [4.69, 9.17) is 9.16 Å². The van der Waals surface area contributed by atoms with Gasteiger partial charge in [0.05, 0.1) is 0 Å². The van der Waals surface area contributed by atoms with Gasteiger partial charge in [0, 0.05) is 12.7 Å². The maximum Gasteiger partial charge on any atom is 0.333 e. The van der Waals surface area contributed by atoms with Crippen LogP contribution in [0.1, 0.15) is 40.0 Å². The summed E-state index contributed by atoms with van der Waals surface area (Å²) in [6.07, 6.45) is 3.04. The van der Waals surface area contributed by atoms with Crippen molar-refractivity contribution in [2.45, 2.75) is 58.4 Å². The molecule has 0 fully saturated rings. The van der Waals surface area contributed by atoms with Crippen LogP contribution >= 0.6 is 0 Å². The van der Waals surface area contributed by atoms with Crippen LogP contribution in [0, 0.1) is 0 Å². The van der Waals surface area contributed by atoms with Crippen LogP contribution in [-0.4, -0.2) is 27.1 Å². The van der Waals surface area contributed by atoms with Crippen molar-refractivity contribution in [2.75, 3.05) is 7.11 Å². The van der Waals surface area contributed by atoms with Crippen LogP contribution in [0.5, 0.6) is 0 Å². The first kappa shape index (κ1) is 16.4. The van der Waals surface area contributed by atoms with Crippen LogP contribution in [0.25, 0.3) is 0 Å². The summed E-state index contributed by atoms with van der Waals surface area (Å²) in [5.41, 5.74) is 0.386. The lowest BCUT2D eigenvalue weighted by atomic mass is 10.2. The quantitative estimate of drug-likeness (QED) is 0.380.